The summed E-state index contributed by atoms with van der Waals surface area (Å²) < 4.78 is 0. The van der Waals surface area contributed by atoms with Gasteiger partial charge in [-0.25, -0.2) is 0 Å². The summed E-state index contributed by atoms with van der Waals surface area (Å²) in [5, 5.41) is 13.7. The second kappa shape index (κ2) is 5.50. The van der Waals surface area contributed by atoms with Gasteiger partial charge in [0.25, 0.3) is 0 Å². The normalized spacial score (nSPS) is 45.6. The summed E-state index contributed by atoms with van der Waals surface area (Å²) in [7, 11) is 0. The fraction of sp³-hybridized carbons (Fsp3) is 1.00. The van der Waals surface area contributed by atoms with Gasteiger partial charge >= 0.3 is 0 Å². The second-order valence-corrected chi connectivity index (χ2v) is 6.09. The lowest BCUT2D eigenvalue weighted by Gasteiger charge is -2.37. The van der Waals surface area contributed by atoms with Gasteiger partial charge in [0.1, 0.15) is 0 Å². The minimum absolute atomic E-state index is 0.0941. The van der Waals surface area contributed by atoms with Crippen LogP contribution >= 0.6 is 0 Å². The maximum atomic E-state index is 9.95. The fourth-order valence-electron chi connectivity index (χ4n) is 3.31. The molecule has 2 fully saturated rings. The molecule has 2 heteroatoms. The molecule has 0 aromatic rings. The number of aliphatic hydroxyl groups is 1. The van der Waals surface area contributed by atoms with Crippen molar-refractivity contribution >= 4 is 0 Å². The molecule has 0 saturated heterocycles. The highest BCUT2D eigenvalue weighted by Crippen LogP contribution is 2.30. The standard InChI is InChI=1S/C14H27NO/c1-10-7-8-12(9-11(10)2)15-13-5-3-4-6-14(13)16/h10-16H,3-9H2,1-2H3/t10?,11?,12?,13-,14-/m0/s1. The van der Waals surface area contributed by atoms with Gasteiger partial charge < -0.3 is 10.4 Å². The van der Waals surface area contributed by atoms with E-state index in [4.69, 9.17) is 0 Å². The minimum Gasteiger partial charge on any atom is -0.392 e. The Morgan fingerprint density at radius 3 is 2.38 bits per heavy atom. The van der Waals surface area contributed by atoms with E-state index in [0.717, 1.165) is 18.3 Å². The Kier molecular flexibility index (Phi) is 4.26. The number of rotatable bonds is 2. The van der Waals surface area contributed by atoms with Gasteiger partial charge in [0, 0.05) is 12.1 Å². The molecule has 2 saturated carbocycles. The molecule has 2 nitrogen and oxygen atoms in total. The largest absolute Gasteiger partial charge is 0.392 e. The highest BCUT2D eigenvalue weighted by molar-refractivity contribution is 4.87. The Balaban J connectivity index is 1.80. The van der Waals surface area contributed by atoms with Crippen LogP contribution in [0.3, 0.4) is 0 Å². The van der Waals surface area contributed by atoms with Crippen LogP contribution < -0.4 is 5.32 Å². The van der Waals surface area contributed by atoms with Crippen LogP contribution in [-0.2, 0) is 0 Å². The van der Waals surface area contributed by atoms with E-state index < -0.39 is 0 Å². The Labute approximate surface area is 99.8 Å². The zero-order valence-corrected chi connectivity index (χ0v) is 10.8. The predicted octanol–water partition coefficient (Wildman–Crippen LogP) is 2.70. The van der Waals surface area contributed by atoms with Gasteiger partial charge in [0.05, 0.1) is 6.10 Å². The molecule has 2 rings (SSSR count). The molecule has 0 bridgehead atoms. The van der Waals surface area contributed by atoms with Crippen LogP contribution in [0.1, 0.15) is 58.8 Å². The van der Waals surface area contributed by atoms with E-state index in [-0.39, 0.29) is 6.10 Å². The monoisotopic (exact) mass is 225 g/mol. The van der Waals surface area contributed by atoms with E-state index in [1.165, 1.54) is 38.5 Å². The molecule has 0 aliphatic heterocycles. The third-order valence-electron chi connectivity index (χ3n) is 4.78. The van der Waals surface area contributed by atoms with Gasteiger partial charge in [0.15, 0.2) is 0 Å². The average molecular weight is 225 g/mol. The zero-order valence-electron chi connectivity index (χ0n) is 10.8. The number of hydrogen-bond acceptors (Lipinski definition) is 2. The van der Waals surface area contributed by atoms with E-state index in [1.54, 1.807) is 0 Å². The maximum Gasteiger partial charge on any atom is 0.0693 e. The summed E-state index contributed by atoms with van der Waals surface area (Å²) in [6, 6.07) is 1.03. The first-order valence-corrected chi connectivity index (χ1v) is 7.11. The molecule has 16 heavy (non-hydrogen) atoms. The van der Waals surface area contributed by atoms with Gasteiger partial charge in [0.2, 0.25) is 0 Å². The molecule has 0 spiro atoms. The van der Waals surface area contributed by atoms with Crippen molar-refractivity contribution in [1.82, 2.24) is 5.32 Å². The lowest BCUT2D eigenvalue weighted by Crippen LogP contribution is -2.48. The van der Waals surface area contributed by atoms with Crippen LogP contribution in [0.15, 0.2) is 0 Å². The summed E-state index contributed by atoms with van der Waals surface area (Å²) >= 11 is 0. The Morgan fingerprint density at radius 1 is 0.938 bits per heavy atom. The van der Waals surface area contributed by atoms with Crippen molar-refractivity contribution in [3.63, 3.8) is 0 Å². The third-order valence-corrected chi connectivity index (χ3v) is 4.78. The molecule has 2 N–H and O–H groups in total. The Morgan fingerprint density at radius 2 is 1.69 bits per heavy atom. The van der Waals surface area contributed by atoms with Crippen molar-refractivity contribution in [3.8, 4) is 0 Å². The van der Waals surface area contributed by atoms with Crippen LogP contribution in [0.5, 0.6) is 0 Å². The van der Waals surface area contributed by atoms with E-state index in [0.29, 0.717) is 12.1 Å². The summed E-state index contributed by atoms with van der Waals surface area (Å²) in [5.74, 6) is 1.72. The van der Waals surface area contributed by atoms with Crippen molar-refractivity contribution < 1.29 is 5.11 Å². The topological polar surface area (TPSA) is 32.3 Å². The van der Waals surface area contributed by atoms with Crippen molar-refractivity contribution in [2.75, 3.05) is 0 Å². The summed E-state index contributed by atoms with van der Waals surface area (Å²) in [5.41, 5.74) is 0. The molecule has 2 aliphatic rings. The molecule has 0 aromatic carbocycles. The summed E-state index contributed by atoms with van der Waals surface area (Å²) in [6.45, 7) is 4.74. The molecular formula is C14H27NO. The first kappa shape index (κ1) is 12.4. The quantitative estimate of drug-likeness (QED) is 0.757. The summed E-state index contributed by atoms with van der Waals surface area (Å²) in [4.78, 5) is 0. The number of aliphatic hydroxyl groups excluding tert-OH is 1. The third kappa shape index (κ3) is 2.98. The number of hydrogen-bond donors (Lipinski definition) is 2. The SMILES string of the molecule is CC1CCC(N[C@H]2CCCC[C@@H]2O)CC1C. The van der Waals surface area contributed by atoms with Crippen LogP contribution in [-0.4, -0.2) is 23.3 Å². The molecule has 2 aliphatic carbocycles. The Bertz CT molecular complexity index is 219. The molecule has 94 valence electrons. The van der Waals surface area contributed by atoms with Crippen LogP contribution in [0.2, 0.25) is 0 Å². The lowest BCUT2D eigenvalue weighted by atomic mass is 9.78. The minimum atomic E-state index is -0.0941. The van der Waals surface area contributed by atoms with Crippen molar-refractivity contribution in [2.24, 2.45) is 11.8 Å². The highest BCUT2D eigenvalue weighted by Gasteiger charge is 2.29. The predicted molar refractivity (Wildman–Crippen MR) is 67.4 cm³/mol. The van der Waals surface area contributed by atoms with Crippen molar-refractivity contribution in [2.45, 2.75) is 77.0 Å². The van der Waals surface area contributed by atoms with E-state index in [9.17, 15) is 5.11 Å². The van der Waals surface area contributed by atoms with Crippen LogP contribution in [0, 0.1) is 11.8 Å². The second-order valence-electron chi connectivity index (χ2n) is 6.09. The zero-order chi connectivity index (χ0) is 11.5. The first-order valence-electron chi connectivity index (χ1n) is 7.11. The van der Waals surface area contributed by atoms with Gasteiger partial charge in [-0.15, -0.1) is 0 Å². The van der Waals surface area contributed by atoms with Gasteiger partial charge in [-0.2, -0.15) is 0 Å². The smallest absolute Gasteiger partial charge is 0.0693 e. The molecule has 0 heterocycles. The van der Waals surface area contributed by atoms with Gasteiger partial charge in [-0.3, -0.25) is 0 Å². The molecule has 5 atom stereocenters. The first-order chi connectivity index (χ1) is 7.66. The van der Waals surface area contributed by atoms with Gasteiger partial charge in [-0.1, -0.05) is 26.7 Å². The van der Waals surface area contributed by atoms with E-state index in [2.05, 4.69) is 19.2 Å². The maximum absolute atomic E-state index is 9.95. The number of nitrogens with one attached hydrogen (secondary N) is 1. The molecule has 0 amide bonds. The van der Waals surface area contributed by atoms with Gasteiger partial charge in [-0.05, 0) is 43.9 Å². The fourth-order valence-corrected chi connectivity index (χ4v) is 3.31. The van der Waals surface area contributed by atoms with Crippen LogP contribution in [0.25, 0.3) is 0 Å². The molecule has 0 aromatic heterocycles. The van der Waals surface area contributed by atoms with Crippen molar-refractivity contribution in [1.29, 1.82) is 0 Å². The highest BCUT2D eigenvalue weighted by atomic mass is 16.3. The molecular weight excluding hydrogens is 198 g/mol. The molecule has 0 radical (unpaired) electrons. The van der Waals surface area contributed by atoms with E-state index in [1.807, 2.05) is 0 Å². The summed E-state index contributed by atoms with van der Waals surface area (Å²) in [6.07, 6.45) is 8.51. The lowest BCUT2D eigenvalue weighted by molar-refractivity contribution is 0.0761. The van der Waals surface area contributed by atoms with Crippen molar-refractivity contribution in [3.05, 3.63) is 0 Å². The van der Waals surface area contributed by atoms with E-state index >= 15 is 0 Å². The Hall–Kier alpha value is -0.0800. The van der Waals surface area contributed by atoms with Crippen LogP contribution in [0.4, 0.5) is 0 Å². The average Bonchev–Trinajstić information content (AvgIpc) is 2.27. The molecule has 3 unspecified atom stereocenters.